The van der Waals surface area contributed by atoms with E-state index in [9.17, 15) is 8.42 Å². The van der Waals surface area contributed by atoms with Crippen molar-refractivity contribution in [3.05, 3.63) is 24.3 Å². The number of nitrogens with zero attached hydrogens (tertiary/aromatic N) is 4. The summed E-state index contributed by atoms with van der Waals surface area (Å²) in [6.07, 6.45) is 5.78. The van der Waals surface area contributed by atoms with E-state index in [1.807, 2.05) is 13.0 Å². The van der Waals surface area contributed by atoms with E-state index in [0.29, 0.717) is 42.5 Å². The van der Waals surface area contributed by atoms with Gasteiger partial charge in [0.05, 0.1) is 17.0 Å². The molecule has 2 aliphatic carbocycles. The van der Waals surface area contributed by atoms with Gasteiger partial charge in [0.1, 0.15) is 0 Å². The van der Waals surface area contributed by atoms with Gasteiger partial charge in [0.2, 0.25) is 10.0 Å². The molecule has 2 saturated carbocycles. The molecule has 27 heavy (non-hydrogen) atoms. The van der Waals surface area contributed by atoms with Gasteiger partial charge in [-0.05, 0) is 31.7 Å². The first-order valence-corrected chi connectivity index (χ1v) is 10.8. The van der Waals surface area contributed by atoms with Crippen molar-refractivity contribution >= 4 is 26.8 Å². The molecule has 3 aromatic rings. The molecule has 2 aliphatic rings. The van der Waals surface area contributed by atoms with Crippen LogP contribution in [0.3, 0.4) is 0 Å². The van der Waals surface area contributed by atoms with Gasteiger partial charge in [0, 0.05) is 24.6 Å². The molecular formula is C17H21FN6O2S. The molecule has 0 bridgehead atoms. The van der Waals surface area contributed by atoms with Crippen molar-refractivity contribution in [3.63, 3.8) is 0 Å². The van der Waals surface area contributed by atoms with Gasteiger partial charge in [-0.1, -0.05) is 6.92 Å². The number of hydrogen-bond acceptors (Lipinski definition) is 5. The van der Waals surface area contributed by atoms with E-state index in [0.717, 1.165) is 0 Å². The lowest BCUT2D eigenvalue weighted by Gasteiger charge is -2.24. The van der Waals surface area contributed by atoms with Gasteiger partial charge in [-0.25, -0.2) is 22.5 Å². The van der Waals surface area contributed by atoms with Crippen molar-refractivity contribution in [2.75, 3.05) is 0 Å². The van der Waals surface area contributed by atoms with Gasteiger partial charge in [0.15, 0.2) is 22.8 Å². The van der Waals surface area contributed by atoms with E-state index in [-0.39, 0.29) is 23.4 Å². The van der Waals surface area contributed by atoms with Gasteiger partial charge < -0.3 is 4.98 Å². The van der Waals surface area contributed by atoms with Gasteiger partial charge >= 0.3 is 0 Å². The fourth-order valence-corrected chi connectivity index (χ4v) is 5.94. The maximum atomic E-state index is 16.4. The summed E-state index contributed by atoms with van der Waals surface area (Å²) in [7, 11) is -3.36. The van der Waals surface area contributed by atoms with E-state index in [1.165, 1.54) is 0 Å². The predicted molar refractivity (Wildman–Crippen MR) is 97.3 cm³/mol. The Morgan fingerprint density at radius 1 is 1.41 bits per heavy atom. The first-order valence-electron chi connectivity index (χ1n) is 9.30. The second-order valence-electron chi connectivity index (χ2n) is 7.65. The number of hydrogen-bond donors (Lipinski definition) is 2. The van der Waals surface area contributed by atoms with Crippen molar-refractivity contribution in [3.8, 4) is 0 Å². The van der Waals surface area contributed by atoms with Crippen molar-refractivity contribution in [2.24, 2.45) is 5.92 Å². The average molecular weight is 392 g/mol. The number of aromatic amines is 1. The third-order valence-electron chi connectivity index (χ3n) is 5.86. The van der Waals surface area contributed by atoms with E-state index >= 15 is 4.39 Å². The van der Waals surface area contributed by atoms with Crippen LogP contribution < -0.4 is 4.72 Å². The SMILES string of the molecule is CC[C@@H]1CC(NS(=O)(=O)C2CC2)C[C@]1(F)c1nnc2cnc3[nH]ccc3n12. The van der Waals surface area contributed by atoms with Crippen LogP contribution in [-0.2, 0) is 15.7 Å². The summed E-state index contributed by atoms with van der Waals surface area (Å²) in [5.41, 5.74) is 0.0627. The monoisotopic (exact) mass is 392 g/mol. The molecule has 0 saturated heterocycles. The number of H-pyrrole nitrogens is 1. The van der Waals surface area contributed by atoms with E-state index < -0.39 is 21.7 Å². The smallest absolute Gasteiger partial charge is 0.214 e. The van der Waals surface area contributed by atoms with E-state index in [2.05, 4.69) is 24.9 Å². The first kappa shape index (κ1) is 17.1. The quantitative estimate of drug-likeness (QED) is 0.691. The fourth-order valence-electron chi connectivity index (χ4n) is 4.34. The number of alkyl halides is 1. The van der Waals surface area contributed by atoms with Crippen LogP contribution in [0.15, 0.2) is 18.5 Å². The van der Waals surface area contributed by atoms with Crippen LogP contribution in [0.4, 0.5) is 4.39 Å². The van der Waals surface area contributed by atoms with Crippen LogP contribution in [0.2, 0.25) is 0 Å². The molecular weight excluding hydrogens is 371 g/mol. The van der Waals surface area contributed by atoms with Crippen molar-refractivity contribution in [1.29, 1.82) is 0 Å². The second kappa shape index (κ2) is 5.71. The Morgan fingerprint density at radius 3 is 2.96 bits per heavy atom. The summed E-state index contributed by atoms with van der Waals surface area (Å²) < 4.78 is 45.4. The van der Waals surface area contributed by atoms with Gasteiger partial charge in [-0.15, -0.1) is 10.2 Å². The summed E-state index contributed by atoms with van der Waals surface area (Å²) in [4.78, 5) is 7.28. The Balaban J connectivity index is 1.56. The molecule has 0 radical (unpaired) electrons. The molecule has 2 N–H and O–H groups in total. The van der Waals surface area contributed by atoms with Gasteiger partial charge in [-0.2, -0.15) is 0 Å². The summed E-state index contributed by atoms with van der Waals surface area (Å²) >= 11 is 0. The van der Waals surface area contributed by atoms with Crippen molar-refractivity contribution in [2.45, 2.75) is 56.0 Å². The summed E-state index contributed by atoms with van der Waals surface area (Å²) in [6.45, 7) is 1.92. The average Bonchev–Trinajstić information content (AvgIpc) is 3.11. The third kappa shape index (κ3) is 2.57. The molecule has 144 valence electrons. The number of nitrogens with one attached hydrogen (secondary N) is 2. The van der Waals surface area contributed by atoms with Crippen molar-refractivity contribution in [1.82, 2.24) is 29.3 Å². The largest absolute Gasteiger partial charge is 0.345 e. The number of rotatable bonds is 5. The molecule has 1 unspecified atom stereocenters. The lowest BCUT2D eigenvalue weighted by Crippen LogP contribution is -2.36. The molecule has 3 aromatic heterocycles. The minimum Gasteiger partial charge on any atom is -0.345 e. The summed E-state index contributed by atoms with van der Waals surface area (Å²) in [6, 6.07) is 1.39. The Labute approximate surface area is 155 Å². The minimum absolute atomic E-state index is 0.0620. The normalized spacial score (nSPS) is 29.1. The maximum Gasteiger partial charge on any atom is 0.214 e. The highest BCUT2D eigenvalue weighted by molar-refractivity contribution is 7.90. The zero-order chi connectivity index (χ0) is 18.8. The van der Waals surface area contributed by atoms with Crippen LogP contribution in [0.25, 0.3) is 16.8 Å². The Kier molecular flexibility index (Phi) is 3.61. The fraction of sp³-hybridized carbons (Fsp3) is 0.588. The van der Waals surface area contributed by atoms with Crippen LogP contribution in [0.1, 0.15) is 44.9 Å². The lowest BCUT2D eigenvalue weighted by molar-refractivity contribution is 0.0927. The maximum absolute atomic E-state index is 16.4. The Bertz CT molecular complexity index is 1120. The number of sulfonamides is 1. The minimum atomic E-state index is -3.36. The molecule has 0 aromatic carbocycles. The molecule has 5 rings (SSSR count). The lowest BCUT2D eigenvalue weighted by atomic mass is 9.89. The highest BCUT2D eigenvalue weighted by Crippen LogP contribution is 2.48. The zero-order valence-corrected chi connectivity index (χ0v) is 15.7. The summed E-state index contributed by atoms with van der Waals surface area (Å²) in [5, 5.41) is 7.95. The molecule has 2 fully saturated rings. The summed E-state index contributed by atoms with van der Waals surface area (Å²) in [5.74, 6) is -0.108. The standard InChI is InChI=1S/C17H21FN6O2S/c1-2-10-7-11(23-27(25,26)12-3-4-12)8-17(10,18)16-22-21-14-9-20-15-13(24(14)16)5-6-19-15/h5-6,9-12,19,23H,2-4,7-8H2,1H3/t10-,11?,17-/m1/s1. The Morgan fingerprint density at radius 2 is 2.22 bits per heavy atom. The predicted octanol–water partition coefficient (Wildman–Crippen LogP) is 2.04. The molecule has 0 aliphatic heterocycles. The molecule has 3 atom stereocenters. The number of halogens is 1. The van der Waals surface area contributed by atoms with Crippen LogP contribution in [0.5, 0.6) is 0 Å². The van der Waals surface area contributed by atoms with E-state index in [1.54, 1.807) is 16.8 Å². The van der Waals surface area contributed by atoms with Gasteiger partial charge in [0.25, 0.3) is 0 Å². The molecule has 3 heterocycles. The number of aromatic nitrogens is 5. The van der Waals surface area contributed by atoms with Crippen LogP contribution in [-0.4, -0.2) is 44.3 Å². The zero-order valence-electron chi connectivity index (χ0n) is 14.9. The first-order chi connectivity index (χ1) is 12.9. The van der Waals surface area contributed by atoms with Crippen LogP contribution >= 0.6 is 0 Å². The van der Waals surface area contributed by atoms with Crippen molar-refractivity contribution < 1.29 is 12.8 Å². The molecule has 0 spiro atoms. The van der Waals surface area contributed by atoms with E-state index in [4.69, 9.17) is 0 Å². The molecule has 0 amide bonds. The third-order valence-corrected chi connectivity index (χ3v) is 7.87. The van der Waals surface area contributed by atoms with Gasteiger partial charge in [-0.3, -0.25) is 4.40 Å². The second-order valence-corrected chi connectivity index (χ2v) is 9.65. The molecule has 10 heteroatoms. The highest BCUT2D eigenvalue weighted by Gasteiger charge is 2.53. The Hall–Kier alpha value is -2.07. The molecule has 8 nitrogen and oxygen atoms in total. The van der Waals surface area contributed by atoms with Crippen LogP contribution in [0, 0.1) is 5.92 Å². The highest BCUT2D eigenvalue weighted by atomic mass is 32.2. The number of fused-ring (bicyclic) bond motifs is 3. The topological polar surface area (TPSA) is 105 Å².